The lowest BCUT2D eigenvalue weighted by molar-refractivity contribution is -0.138. The highest BCUT2D eigenvalue weighted by Gasteiger charge is 2.31. The van der Waals surface area contributed by atoms with Crippen molar-refractivity contribution >= 4 is 27.6 Å². The van der Waals surface area contributed by atoms with Crippen LogP contribution >= 0.6 is 0 Å². The van der Waals surface area contributed by atoms with E-state index in [4.69, 9.17) is 10.8 Å². The van der Waals surface area contributed by atoms with Gasteiger partial charge in [-0.25, -0.2) is 8.42 Å². The first kappa shape index (κ1) is 19.3. The van der Waals surface area contributed by atoms with Gasteiger partial charge in [0.15, 0.2) is 15.1 Å². The SMILES string of the molecule is CC(C)[C@H](N)C(=O)NCNC(=O)CC(C(=O)O)S(C)(=O)=O. The van der Waals surface area contributed by atoms with Crippen LogP contribution in [-0.4, -0.2) is 55.5 Å². The first-order valence-corrected chi connectivity index (χ1v) is 8.14. The maximum Gasteiger partial charge on any atom is 0.322 e. The van der Waals surface area contributed by atoms with Gasteiger partial charge in [-0.2, -0.15) is 0 Å². The number of hydrogen-bond donors (Lipinski definition) is 4. The molecule has 2 amide bonds. The van der Waals surface area contributed by atoms with E-state index in [0.29, 0.717) is 0 Å². The Morgan fingerprint density at radius 3 is 2.10 bits per heavy atom. The van der Waals surface area contributed by atoms with Crippen molar-refractivity contribution in [3.8, 4) is 0 Å². The Morgan fingerprint density at radius 1 is 1.19 bits per heavy atom. The average Bonchev–Trinajstić information content (AvgIpc) is 2.32. The van der Waals surface area contributed by atoms with Gasteiger partial charge in [-0.3, -0.25) is 14.4 Å². The molecule has 0 rings (SSSR count). The molecule has 0 spiro atoms. The van der Waals surface area contributed by atoms with Crippen LogP contribution in [0, 0.1) is 5.92 Å². The van der Waals surface area contributed by atoms with Crippen LogP contribution in [0.25, 0.3) is 0 Å². The van der Waals surface area contributed by atoms with E-state index in [1.807, 2.05) is 0 Å². The van der Waals surface area contributed by atoms with Crippen molar-refractivity contribution in [3.63, 3.8) is 0 Å². The highest BCUT2D eigenvalue weighted by atomic mass is 32.2. The Morgan fingerprint density at radius 2 is 1.71 bits per heavy atom. The summed E-state index contributed by atoms with van der Waals surface area (Å²) in [5, 5.41) is 11.5. The zero-order valence-corrected chi connectivity index (χ0v) is 12.9. The molecule has 0 saturated carbocycles. The molecule has 5 N–H and O–H groups in total. The topological polar surface area (TPSA) is 156 Å². The molecule has 0 saturated heterocycles. The Labute approximate surface area is 123 Å². The third kappa shape index (κ3) is 7.04. The molecule has 10 heteroatoms. The second-order valence-electron chi connectivity index (χ2n) is 4.95. The van der Waals surface area contributed by atoms with Crippen molar-refractivity contribution in [1.82, 2.24) is 10.6 Å². The fourth-order valence-electron chi connectivity index (χ4n) is 1.31. The highest BCUT2D eigenvalue weighted by molar-refractivity contribution is 7.92. The van der Waals surface area contributed by atoms with E-state index in [2.05, 4.69) is 10.6 Å². The Kier molecular flexibility index (Phi) is 7.30. The van der Waals surface area contributed by atoms with Gasteiger partial charge in [-0.05, 0) is 5.92 Å². The van der Waals surface area contributed by atoms with Gasteiger partial charge in [0, 0.05) is 6.26 Å². The van der Waals surface area contributed by atoms with Crippen LogP contribution in [0.1, 0.15) is 20.3 Å². The maximum absolute atomic E-state index is 11.5. The summed E-state index contributed by atoms with van der Waals surface area (Å²) in [5.74, 6) is -2.95. The second-order valence-corrected chi connectivity index (χ2v) is 7.18. The number of aliphatic carboxylic acids is 1. The third-order valence-electron chi connectivity index (χ3n) is 2.73. The van der Waals surface area contributed by atoms with E-state index in [1.165, 1.54) is 0 Å². The molecule has 21 heavy (non-hydrogen) atoms. The van der Waals surface area contributed by atoms with Crippen LogP contribution < -0.4 is 16.4 Å². The predicted octanol–water partition coefficient (Wildman–Crippen LogP) is -1.95. The smallest absolute Gasteiger partial charge is 0.322 e. The number of nitrogens with one attached hydrogen (secondary N) is 2. The van der Waals surface area contributed by atoms with E-state index >= 15 is 0 Å². The molecule has 0 aliphatic heterocycles. The molecule has 0 aromatic rings. The minimum Gasteiger partial charge on any atom is -0.480 e. The number of rotatable bonds is 8. The lowest BCUT2D eigenvalue weighted by atomic mass is 10.1. The van der Waals surface area contributed by atoms with Gasteiger partial charge < -0.3 is 21.5 Å². The molecule has 0 aliphatic rings. The van der Waals surface area contributed by atoms with Gasteiger partial charge in [0.1, 0.15) is 0 Å². The fraction of sp³-hybridized carbons (Fsp3) is 0.727. The molecule has 9 nitrogen and oxygen atoms in total. The largest absolute Gasteiger partial charge is 0.480 e. The van der Waals surface area contributed by atoms with Crippen LogP contribution in [0.4, 0.5) is 0 Å². The maximum atomic E-state index is 11.5. The minimum absolute atomic E-state index is 0.0812. The number of hydrogen-bond acceptors (Lipinski definition) is 6. The molecule has 0 aromatic carbocycles. The lowest BCUT2D eigenvalue weighted by Gasteiger charge is -2.16. The van der Waals surface area contributed by atoms with E-state index in [0.717, 1.165) is 6.26 Å². The average molecular weight is 323 g/mol. The summed E-state index contributed by atoms with van der Waals surface area (Å²) in [6, 6.07) is -0.732. The first-order valence-electron chi connectivity index (χ1n) is 6.18. The van der Waals surface area contributed by atoms with Crippen molar-refractivity contribution in [2.45, 2.75) is 31.6 Å². The Balaban J connectivity index is 4.34. The molecule has 0 bridgehead atoms. The van der Waals surface area contributed by atoms with Crippen LogP contribution in [0.3, 0.4) is 0 Å². The predicted molar refractivity (Wildman–Crippen MR) is 74.9 cm³/mol. The molecule has 0 aromatic heterocycles. The minimum atomic E-state index is -3.89. The summed E-state index contributed by atoms with van der Waals surface area (Å²) in [6.07, 6.45) is 0.0166. The van der Waals surface area contributed by atoms with Crippen molar-refractivity contribution < 1.29 is 27.9 Å². The van der Waals surface area contributed by atoms with Gasteiger partial charge in [0.25, 0.3) is 0 Å². The van der Waals surface area contributed by atoms with Gasteiger partial charge in [0.05, 0.1) is 19.1 Å². The summed E-state index contributed by atoms with van der Waals surface area (Å²) in [5.41, 5.74) is 5.57. The van der Waals surface area contributed by atoms with Gasteiger partial charge in [-0.15, -0.1) is 0 Å². The summed E-state index contributed by atoms with van der Waals surface area (Å²) in [7, 11) is -3.89. The summed E-state index contributed by atoms with van der Waals surface area (Å²) in [6.45, 7) is 3.26. The van der Waals surface area contributed by atoms with E-state index in [-0.39, 0.29) is 12.6 Å². The number of carbonyl (C=O) groups is 3. The van der Waals surface area contributed by atoms with Gasteiger partial charge in [-0.1, -0.05) is 13.8 Å². The molecular weight excluding hydrogens is 302 g/mol. The Hall–Kier alpha value is -1.68. The van der Waals surface area contributed by atoms with Gasteiger partial charge in [0.2, 0.25) is 11.8 Å². The molecule has 0 radical (unpaired) electrons. The van der Waals surface area contributed by atoms with Crippen molar-refractivity contribution in [2.75, 3.05) is 12.9 Å². The molecular formula is C11H21N3O6S. The summed E-state index contributed by atoms with van der Waals surface area (Å²) < 4.78 is 22.4. The van der Waals surface area contributed by atoms with Crippen molar-refractivity contribution in [3.05, 3.63) is 0 Å². The summed E-state index contributed by atoms with van der Waals surface area (Å²) >= 11 is 0. The van der Waals surface area contributed by atoms with Crippen LogP contribution in [0.15, 0.2) is 0 Å². The van der Waals surface area contributed by atoms with E-state index < -0.39 is 45.3 Å². The molecule has 1 unspecified atom stereocenters. The zero-order valence-electron chi connectivity index (χ0n) is 12.1. The molecule has 0 aliphatic carbocycles. The first-order chi connectivity index (χ1) is 9.46. The van der Waals surface area contributed by atoms with E-state index in [9.17, 15) is 22.8 Å². The number of carbonyl (C=O) groups excluding carboxylic acids is 2. The third-order valence-corrected chi connectivity index (χ3v) is 4.13. The second kappa shape index (κ2) is 7.93. The van der Waals surface area contributed by atoms with Crippen molar-refractivity contribution in [1.29, 1.82) is 0 Å². The molecule has 122 valence electrons. The number of sulfone groups is 1. The van der Waals surface area contributed by atoms with Crippen LogP contribution in [-0.2, 0) is 24.2 Å². The molecule has 2 atom stereocenters. The summed E-state index contributed by atoms with van der Waals surface area (Å²) in [4.78, 5) is 33.7. The molecule has 0 heterocycles. The number of carboxylic acid groups (broad SMARTS) is 1. The standard InChI is InChI=1S/C11H21N3O6S/c1-6(2)9(12)10(16)14-5-13-8(15)4-7(11(17)18)21(3,19)20/h6-7,9H,4-5,12H2,1-3H3,(H,13,15)(H,14,16)(H,17,18)/t7?,9-/m0/s1. The van der Waals surface area contributed by atoms with E-state index in [1.54, 1.807) is 13.8 Å². The van der Waals surface area contributed by atoms with Crippen LogP contribution in [0.2, 0.25) is 0 Å². The number of amides is 2. The monoisotopic (exact) mass is 323 g/mol. The fourth-order valence-corrected chi connectivity index (χ4v) is 2.13. The highest BCUT2D eigenvalue weighted by Crippen LogP contribution is 2.04. The zero-order chi connectivity index (χ0) is 16.8. The van der Waals surface area contributed by atoms with Crippen molar-refractivity contribution in [2.24, 2.45) is 11.7 Å². The number of carboxylic acids is 1. The van der Waals surface area contributed by atoms with Gasteiger partial charge >= 0.3 is 5.97 Å². The van der Waals surface area contributed by atoms with Crippen LogP contribution in [0.5, 0.6) is 0 Å². The molecule has 0 fully saturated rings. The Bertz CT molecular complexity index is 502. The normalized spacial score (nSPS) is 14.3. The number of nitrogens with two attached hydrogens (primary N) is 1. The lowest BCUT2D eigenvalue weighted by Crippen LogP contribution is -2.48. The quantitative estimate of drug-likeness (QED) is 0.378.